The number of thiazole rings is 1. The van der Waals surface area contributed by atoms with Crippen molar-refractivity contribution in [1.82, 2.24) is 4.98 Å². The lowest BCUT2D eigenvalue weighted by Gasteiger charge is -2.19. The lowest BCUT2D eigenvalue weighted by Crippen LogP contribution is -2.30. The average Bonchev–Trinajstić information content (AvgIpc) is 3.46. The number of nitrogens with zero attached hydrogens (tertiary/aromatic N) is 2. The molecule has 31 heavy (non-hydrogen) atoms. The van der Waals surface area contributed by atoms with Crippen molar-refractivity contribution in [2.45, 2.75) is 18.4 Å². The zero-order valence-electron chi connectivity index (χ0n) is 17.5. The van der Waals surface area contributed by atoms with Crippen molar-refractivity contribution in [3.63, 3.8) is 0 Å². The van der Waals surface area contributed by atoms with E-state index in [1.165, 1.54) is 11.3 Å². The quantitative estimate of drug-likeness (QED) is 0.311. The van der Waals surface area contributed by atoms with Crippen LogP contribution in [-0.2, 0) is 6.54 Å². The fourth-order valence-corrected chi connectivity index (χ4v) is 5.01. The Labute approximate surface area is 188 Å². The molecule has 0 saturated carbocycles. The first kappa shape index (κ1) is 21.3. The van der Waals surface area contributed by atoms with E-state index in [-0.39, 0.29) is 12.5 Å². The van der Waals surface area contributed by atoms with Gasteiger partial charge in [-0.3, -0.25) is 9.69 Å². The number of furan rings is 1. The molecule has 0 spiro atoms. The summed E-state index contributed by atoms with van der Waals surface area (Å²) in [5.74, 6) is 2.78. The second kappa shape index (κ2) is 9.45. The van der Waals surface area contributed by atoms with Crippen LogP contribution in [0.5, 0.6) is 11.5 Å². The number of benzene rings is 2. The van der Waals surface area contributed by atoms with Gasteiger partial charge in [0, 0.05) is 10.5 Å². The minimum absolute atomic E-state index is 0.146. The number of carbonyl (C=O) groups excluding carboxylic acids is 1. The molecular formula is C23H22N2O4S2. The number of methoxy groups -OCH3 is 2. The third-order valence-electron chi connectivity index (χ3n) is 4.66. The Morgan fingerprint density at radius 1 is 1.13 bits per heavy atom. The van der Waals surface area contributed by atoms with Gasteiger partial charge < -0.3 is 13.9 Å². The molecule has 0 fully saturated rings. The molecule has 0 aliphatic rings. The maximum absolute atomic E-state index is 13.6. The van der Waals surface area contributed by atoms with Gasteiger partial charge in [0.15, 0.2) is 5.13 Å². The zero-order valence-corrected chi connectivity index (χ0v) is 19.1. The van der Waals surface area contributed by atoms with Crippen LogP contribution in [0.1, 0.15) is 23.0 Å². The Morgan fingerprint density at radius 2 is 1.94 bits per heavy atom. The minimum Gasteiger partial charge on any atom is -0.495 e. The molecule has 0 aliphatic carbocycles. The van der Waals surface area contributed by atoms with Crippen molar-refractivity contribution in [1.29, 1.82) is 0 Å². The smallest absolute Gasteiger partial charge is 0.260 e. The van der Waals surface area contributed by atoms with Gasteiger partial charge in [0.05, 0.1) is 27.0 Å². The maximum atomic E-state index is 13.6. The van der Waals surface area contributed by atoms with Gasteiger partial charge in [0.25, 0.3) is 5.91 Å². The number of anilines is 1. The predicted molar refractivity (Wildman–Crippen MR) is 125 cm³/mol. The molecule has 0 aliphatic heterocycles. The van der Waals surface area contributed by atoms with Gasteiger partial charge in [-0.2, -0.15) is 0 Å². The van der Waals surface area contributed by atoms with Crippen LogP contribution in [-0.4, -0.2) is 30.9 Å². The third kappa shape index (κ3) is 4.40. The highest BCUT2D eigenvalue weighted by Crippen LogP contribution is 2.40. The summed E-state index contributed by atoms with van der Waals surface area (Å²) in [6.07, 6.45) is 1.60. The normalized spacial score (nSPS) is 10.9. The van der Waals surface area contributed by atoms with E-state index < -0.39 is 0 Å². The van der Waals surface area contributed by atoms with E-state index in [1.54, 1.807) is 43.2 Å². The Morgan fingerprint density at radius 3 is 2.65 bits per heavy atom. The first-order valence-corrected chi connectivity index (χ1v) is 11.5. The Hall–Kier alpha value is -2.97. The molecular weight excluding hydrogens is 432 g/mol. The van der Waals surface area contributed by atoms with Gasteiger partial charge in [-0.1, -0.05) is 24.3 Å². The molecule has 1 amide bonds. The van der Waals surface area contributed by atoms with Crippen molar-refractivity contribution in [3.05, 3.63) is 66.1 Å². The summed E-state index contributed by atoms with van der Waals surface area (Å²) >= 11 is 3.09. The second-order valence-electron chi connectivity index (χ2n) is 6.58. The molecule has 0 bridgehead atoms. The fraction of sp³-hybridized carbons (Fsp3) is 0.217. The maximum Gasteiger partial charge on any atom is 0.260 e. The summed E-state index contributed by atoms with van der Waals surface area (Å²) in [4.78, 5) is 21.0. The van der Waals surface area contributed by atoms with Gasteiger partial charge in [-0.05, 0) is 48.2 Å². The van der Waals surface area contributed by atoms with Crippen molar-refractivity contribution in [2.75, 3.05) is 24.9 Å². The molecule has 2 aromatic carbocycles. The van der Waals surface area contributed by atoms with E-state index in [0.717, 1.165) is 15.3 Å². The van der Waals surface area contributed by atoms with Crippen LogP contribution in [0.2, 0.25) is 0 Å². The molecule has 4 rings (SSSR count). The second-order valence-corrected chi connectivity index (χ2v) is 8.89. The fourth-order valence-electron chi connectivity index (χ4n) is 3.22. The van der Waals surface area contributed by atoms with Gasteiger partial charge in [-0.15, -0.1) is 11.8 Å². The molecule has 4 aromatic rings. The molecule has 2 aromatic heterocycles. The van der Waals surface area contributed by atoms with E-state index in [2.05, 4.69) is 6.92 Å². The number of hydrogen-bond acceptors (Lipinski definition) is 7. The van der Waals surface area contributed by atoms with Gasteiger partial charge in [0.2, 0.25) is 0 Å². The number of ether oxygens (including phenoxy) is 2. The molecule has 8 heteroatoms. The van der Waals surface area contributed by atoms with E-state index in [9.17, 15) is 4.79 Å². The summed E-state index contributed by atoms with van der Waals surface area (Å²) in [5.41, 5.74) is 1.26. The average molecular weight is 455 g/mol. The van der Waals surface area contributed by atoms with Gasteiger partial charge in [-0.25, -0.2) is 4.98 Å². The van der Waals surface area contributed by atoms with Crippen LogP contribution in [0.15, 0.2) is 64.1 Å². The Balaban J connectivity index is 1.80. The predicted octanol–water partition coefficient (Wildman–Crippen LogP) is 5.87. The number of thioether (sulfide) groups is 1. The third-order valence-corrected chi connectivity index (χ3v) is 6.63. The largest absolute Gasteiger partial charge is 0.495 e. The van der Waals surface area contributed by atoms with Crippen molar-refractivity contribution >= 4 is 44.4 Å². The number of hydrogen-bond donors (Lipinski definition) is 0. The summed E-state index contributed by atoms with van der Waals surface area (Å²) in [5, 5.41) is 0.549. The highest BCUT2D eigenvalue weighted by molar-refractivity contribution is 7.99. The van der Waals surface area contributed by atoms with Gasteiger partial charge >= 0.3 is 0 Å². The first-order chi connectivity index (χ1) is 15.1. The summed E-state index contributed by atoms with van der Waals surface area (Å²) in [6.45, 7) is 2.35. The Kier molecular flexibility index (Phi) is 6.48. The van der Waals surface area contributed by atoms with E-state index in [0.29, 0.717) is 33.5 Å². The number of carbonyl (C=O) groups is 1. The summed E-state index contributed by atoms with van der Waals surface area (Å²) < 4.78 is 17.3. The van der Waals surface area contributed by atoms with Crippen LogP contribution in [0.3, 0.4) is 0 Å². The Bertz CT molecular complexity index is 1150. The number of fused-ring (bicyclic) bond motifs is 1. The topological polar surface area (TPSA) is 64.8 Å². The zero-order chi connectivity index (χ0) is 21.8. The molecule has 160 valence electrons. The lowest BCUT2D eigenvalue weighted by molar-refractivity contribution is 0.0983. The SMILES string of the molecule is CCSc1cccc(C(=O)N(Cc2ccco2)c2nc3c(OC)ccc(OC)c3s2)c1. The van der Waals surface area contributed by atoms with Crippen LogP contribution >= 0.6 is 23.1 Å². The van der Waals surface area contributed by atoms with Crippen LogP contribution in [0.25, 0.3) is 10.2 Å². The van der Waals surface area contributed by atoms with Crippen molar-refractivity contribution in [2.24, 2.45) is 0 Å². The molecule has 0 N–H and O–H groups in total. The van der Waals surface area contributed by atoms with Crippen LogP contribution in [0.4, 0.5) is 5.13 Å². The monoisotopic (exact) mass is 454 g/mol. The lowest BCUT2D eigenvalue weighted by atomic mass is 10.2. The van der Waals surface area contributed by atoms with E-state index >= 15 is 0 Å². The molecule has 0 atom stereocenters. The molecule has 0 radical (unpaired) electrons. The highest BCUT2D eigenvalue weighted by Gasteiger charge is 2.25. The highest BCUT2D eigenvalue weighted by atomic mass is 32.2. The summed E-state index contributed by atoms with van der Waals surface area (Å²) in [6, 6.07) is 15.0. The molecule has 6 nitrogen and oxygen atoms in total. The van der Waals surface area contributed by atoms with E-state index in [4.69, 9.17) is 18.9 Å². The summed E-state index contributed by atoms with van der Waals surface area (Å²) in [7, 11) is 3.21. The number of rotatable bonds is 8. The standard InChI is InChI=1S/C23H22N2O4S2/c1-4-30-17-9-5-7-15(13-17)22(26)25(14-16-8-6-12-29-16)23-24-20-18(27-2)10-11-19(28-3)21(20)31-23/h5-13H,4,14H2,1-3H3. The van der Waals surface area contributed by atoms with E-state index in [1.807, 2.05) is 42.5 Å². The van der Waals surface area contributed by atoms with Gasteiger partial charge in [0.1, 0.15) is 27.5 Å². The minimum atomic E-state index is -0.146. The van der Waals surface area contributed by atoms with Crippen molar-refractivity contribution in [3.8, 4) is 11.5 Å². The number of aromatic nitrogens is 1. The van der Waals surface area contributed by atoms with Crippen LogP contribution in [0, 0.1) is 0 Å². The molecule has 0 saturated heterocycles. The first-order valence-electron chi connectivity index (χ1n) is 9.73. The molecule has 2 heterocycles. The number of amides is 1. The van der Waals surface area contributed by atoms with Crippen LogP contribution < -0.4 is 14.4 Å². The molecule has 0 unspecified atom stereocenters. The van der Waals surface area contributed by atoms with Crippen molar-refractivity contribution < 1.29 is 18.7 Å².